The molecule has 1 rings (SSSR count). The molecular weight excluding hydrogens is 273 g/mol. The van der Waals surface area contributed by atoms with E-state index in [1.165, 1.54) is 19.1 Å². The van der Waals surface area contributed by atoms with Gasteiger partial charge < -0.3 is 4.74 Å². The van der Waals surface area contributed by atoms with Crippen molar-refractivity contribution in [1.29, 1.82) is 0 Å². The lowest BCUT2D eigenvalue weighted by molar-refractivity contribution is -0.163. The van der Waals surface area contributed by atoms with Crippen LogP contribution in [0.5, 0.6) is 0 Å². The molecule has 0 spiro atoms. The SMILES string of the molecule is CCOC(=O)C(CC(F)(F)F)C(=O)c1ccc(C)cc1. The summed E-state index contributed by atoms with van der Waals surface area (Å²) in [6.45, 7) is 3.18. The second-order valence-corrected chi connectivity index (χ2v) is 4.35. The lowest BCUT2D eigenvalue weighted by Gasteiger charge is -2.16. The monoisotopic (exact) mass is 288 g/mol. The first-order valence-electron chi connectivity index (χ1n) is 6.09. The van der Waals surface area contributed by atoms with Gasteiger partial charge in [-0.25, -0.2) is 0 Å². The van der Waals surface area contributed by atoms with Crippen molar-refractivity contribution in [2.24, 2.45) is 5.92 Å². The first kappa shape index (κ1) is 16.2. The van der Waals surface area contributed by atoms with Gasteiger partial charge in [-0.15, -0.1) is 0 Å². The van der Waals surface area contributed by atoms with Crippen molar-refractivity contribution in [3.63, 3.8) is 0 Å². The Morgan fingerprint density at radius 1 is 1.20 bits per heavy atom. The zero-order valence-corrected chi connectivity index (χ0v) is 11.2. The molecule has 20 heavy (non-hydrogen) atoms. The van der Waals surface area contributed by atoms with E-state index in [0.717, 1.165) is 5.56 Å². The molecule has 0 fully saturated rings. The minimum absolute atomic E-state index is 0.0675. The van der Waals surface area contributed by atoms with Gasteiger partial charge in [0.05, 0.1) is 13.0 Å². The number of alkyl halides is 3. The van der Waals surface area contributed by atoms with Crippen molar-refractivity contribution < 1.29 is 27.5 Å². The van der Waals surface area contributed by atoms with Gasteiger partial charge in [-0.3, -0.25) is 9.59 Å². The van der Waals surface area contributed by atoms with Gasteiger partial charge in [0.25, 0.3) is 0 Å². The van der Waals surface area contributed by atoms with Crippen LogP contribution in [-0.4, -0.2) is 24.5 Å². The number of hydrogen-bond acceptors (Lipinski definition) is 3. The summed E-state index contributed by atoms with van der Waals surface area (Å²) in [5, 5.41) is 0. The van der Waals surface area contributed by atoms with E-state index < -0.39 is 30.3 Å². The molecule has 0 aliphatic heterocycles. The van der Waals surface area contributed by atoms with Gasteiger partial charge in [0.15, 0.2) is 5.78 Å². The minimum Gasteiger partial charge on any atom is -0.465 e. The van der Waals surface area contributed by atoms with Crippen LogP contribution in [0.1, 0.15) is 29.3 Å². The third kappa shape index (κ3) is 4.68. The Hall–Kier alpha value is -1.85. The van der Waals surface area contributed by atoms with Crippen LogP contribution in [0.3, 0.4) is 0 Å². The summed E-state index contributed by atoms with van der Waals surface area (Å²) in [5.41, 5.74) is 0.933. The Morgan fingerprint density at radius 2 is 1.75 bits per heavy atom. The Labute approximate surface area is 114 Å². The van der Waals surface area contributed by atoms with Crippen molar-refractivity contribution in [1.82, 2.24) is 0 Å². The molecule has 1 aromatic carbocycles. The highest BCUT2D eigenvalue weighted by Crippen LogP contribution is 2.28. The highest BCUT2D eigenvalue weighted by molar-refractivity contribution is 6.08. The number of halogens is 3. The van der Waals surface area contributed by atoms with Crippen molar-refractivity contribution >= 4 is 11.8 Å². The number of benzene rings is 1. The Morgan fingerprint density at radius 3 is 2.20 bits per heavy atom. The van der Waals surface area contributed by atoms with Crippen LogP contribution in [0.2, 0.25) is 0 Å². The molecular formula is C14H15F3O3. The molecule has 0 heterocycles. The third-order valence-corrected chi connectivity index (χ3v) is 2.66. The van der Waals surface area contributed by atoms with Crippen LogP contribution in [0.4, 0.5) is 13.2 Å². The maximum absolute atomic E-state index is 12.5. The van der Waals surface area contributed by atoms with E-state index in [-0.39, 0.29) is 12.2 Å². The molecule has 0 aromatic heterocycles. The van der Waals surface area contributed by atoms with Crippen molar-refractivity contribution in [3.8, 4) is 0 Å². The zero-order chi connectivity index (χ0) is 15.3. The molecule has 3 nitrogen and oxygen atoms in total. The summed E-state index contributed by atoms with van der Waals surface area (Å²) in [7, 11) is 0. The Balaban J connectivity index is 3.00. The van der Waals surface area contributed by atoms with Crippen LogP contribution in [0, 0.1) is 12.8 Å². The number of hydrogen-bond donors (Lipinski definition) is 0. The van der Waals surface area contributed by atoms with Crippen LogP contribution >= 0.6 is 0 Å². The summed E-state index contributed by atoms with van der Waals surface area (Å²) >= 11 is 0. The van der Waals surface area contributed by atoms with E-state index in [2.05, 4.69) is 4.74 Å². The van der Waals surface area contributed by atoms with Crippen LogP contribution in [0.15, 0.2) is 24.3 Å². The Bertz CT molecular complexity index is 477. The average molecular weight is 288 g/mol. The summed E-state index contributed by atoms with van der Waals surface area (Å²) < 4.78 is 42.0. The molecule has 1 aromatic rings. The van der Waals surface area contributed by atoms with Crippen molar-refractivity contribution in [2.75, 3.05) is 6.61 Å². The highest BCUT2D eigenvalue weighted by atomic mass is 19.4. The van der Waals surface area contributed by atoms with Gasteiger partial charge in [-0.2, -0.15) is 13.2 Å². The van der Waals surface area contributed by atoms with Crippen molar-refractivity contribution in [3.05, 3.63) is 35.4 Å². The molecule has 0 aliphatic carbocycles. The molecule has 0 amide bonds. The molecule has 110 valence electrons. The normalized spacial score (nSPS) is 12.8. The van der Waals surface area contributed by atoms with Gasteiger partial charge >= 0.3 is 12.1 Å². The predicted octanol–water partition coefficient (Wildman–Crippen LogP) is 3.31. The summed E-state index contributed by atoms with van der Waals surface area (Å²) in [6.07, 6.45) is -6.13. The standard InChI is InChI=1S/C14H15F3O3/c1-3-20-13(19)11(8-14(15,16)17)12(18)10-6-4-9(2)5-7-10/h4-7,11H,3,8H2,1-2H3. The van der Waals surface area contributed by atoms with Gasteiger partial charge in [-0.1, -0.05) is 29.8 Å². The summed E-state index contributed by atoms with van der Waals surface area (Å²) in [4.78, 5) is 23.6. The molecule has 0 saturated heterocycles. The van der Waals surface area contributed by atoms with Crippen LogP contribution in [-0.2, 0) is 9.53 Å². The number of esters is 1. The molecule has 6 heteroatoms. The van der Waals surface area contributed by atoms with E-state index in [1.807, 2.05) is 0 Å². The van der Waals surface area contributed by atoms with Crippen LogP contribution < -0.4 is 0 Å². The number of ketones is 1. The number of carbonyl (C=O) groups is 2. The van der Waals surface area contributed by atoms with Crippen molar-refractivity contribution in [2.45, 2.75) is 26.4 Å². The fourth-order valence-electron chi connectivity index (χ4n) is 1.68. The quantitative estimate of drug-likeness (QED) is 0.474. The molecule has 0 bridgehead atoms. The highest BCUT2D eigenvalue weighted by Gasteiger charge is 2.40. The number of rotatable bonds is 5. The Kier molecular flexibility index (Phi) is 5.30. The van der Waals surface area contributed by atoms with E-state index in [9.17, 15) is 22.8 Å². The van der Waals surface area contributed by atoms with E-state index >= 15 is 0 Å². The maximum atomic E-state index is 12.5. The lowest BCUT2D eigenvalue weighted by atomic mass is 9.94. The minimum atomic E-state index is -4.61. The maximum Gasteiger partial charge on any atom is 0.390 e. The number of ether oxygens (including phenoxy) is 1. The van der Waals surface area contributed by atoms with Gasteiger partial charge in [0, 0.05) is 5.56 Å². The average Bonchev–Trinajstić information content (AvgIpc) is 2.35. The van der Waals surface area contributed by atoms with E-state index in [1.54, 1.807) is 19.1 Å². The fraction of sp³-hybridized carbons (Fsp3) is 0.429. The van der Waals surface area contributed by atoms with E-state index in [4.69, 9.17) is 0 Å². The second kappa shape index (κ2) is 6.54. The summed E-state index contributed by atoms with van der Waals surface area (Å²) in [5.74, 6) is -3.87. The van der Waals surface area contributed by atoms with Crippen LogP contribution in [0.25, 0.3) is 0 Å². The van der Waals surface area contributed by atoms with Gasteiger partial charge in [0.2, 0.25) is 0 Å². The first-order valence-corrected chi connectivity index (χ1v) is 6.09. The molecule has 0 aliphatic rings. The smallest absolute Gasteiger partial charge is 0.390 e. The first-order chi connectivity index (χ1) is 9.24. The second-order valence-electron chi connectivity index (χ2n) is 4.35. The number of Topliss-reactive ketones (excluding diaryl/α,β-unsaturated/α-hetero) is 1. The number of aryl methyl sites for hydroxylation is 1. The predicted molar refractivity (Wildman–Crippen MR) is 66.3 cm³/mol. The van der Waals surface area contributed by atoms with Gasteiger partial charge in [0.1, 0.15) is 5.92 Å². The largest absolute Gasteiger partial charge is 0.465 e. The van der Waals surface area contributed by atoms with E-state index in [0.29, 0.717) is 0 Å². The molecule has 0 saturated carbocycles. The number of carbonyl (C=O) groups excluding carboxylic acids is 2. The molecule has 0 radical (unpaired) electrons. The molecule has 1 atom stereocenters. The third-order valence-electron chi connectivity index (χ3n) is 2.66. The molecule has 1 unspecified atom stereocenters. The lowest BCUT2D eigenvalue weighted by Crippen LogP contribution is -2.31. The topological polar surface area (TPSA) is 43.4 Å². The fourth-order valence-corrected chi connectivity index (χ4v) is 1.68. The zero-order valence-electron chi connectivity index (χ0n) is 11.2. The van der Waals surface area contributed by atoms with Gasteiger partial charge in [-0.05, 0) is 13.8 Å². The molecule has 0 N–H and O–H groups in total. The summed E-state index contributed by atoms with van der Waals surface area (Å²) in [6, 6.07) is 6.01.